The quantitative estimate of drug-likeness (QED) is 0.560. The second kappa shape index (κ2) is 13.0. The molecule has 1 spiro atoms. The van der Waals surface area contributed by atoms with E-state index in [2.05, 4.69) is 24.5 Å². The van der Waals surface area contributed by atoms with Crippen LogP contribution in [0.25, 0.3) is 0 Å². The maximum atomic E-state index is 11.9. The molecule has 158 valence electrons. The van der Waals surface area contributed by atoms with Gasteiger partial charge in [-0.25, -0.2) is 0 Å². The molecule has 2 aliphatic rings. The number of nitrogens with one attached hydrogen (secondary N) is 1. The Hall–Kier alpha value is -3.26. The predicted molar refractivity (Wildman–Crippen MR) is 111 cm³/mol. The standard InChI is InChI=1S/C12H13NO.C4H7NO4.C4H6.CH2O/c14-11-7-3-4-8-12(11)9-5-1-2-6-10(9)13-12;5-2(4(8)9)1-3(6)7;1-3-4-2;1-2/h1-2,5-6,13H,3-4,7-8H2;2H,1,5H2,(H,6,7)(H,8,9);3-4H,1-2H2;1H2/t12-;2-;;/m10../s1. The smallest absolute Gasteiger partial charge is 0.321 e. The van der Waals surface area contributed by atoms with E-state index in [-0.39, 0.29) is 5.54 Å². The Kier molecular flexibility index (Phi) is 11.5. The van der Waals surface area contributed by atoms with Crippen molar-refractivity contribution in [2.45, 2.75) is 43.7 Å². The first kappa shape index (κ1) is 25.7. The fourth-order valence-electron chi connectivity index (χ4n) is 2.92. The highest BCUT2D eigenvalue weighted by atomic mass is 16.4. The van der Waals surface area contributed by atoms with Crippen LogP contribution >= 0.6 is 0 Å². The first-order chi connectivity index (χ1) is 13.8. The topological polar surface area (TPSA) is 147 Å². The molecule has 1 saturated carbocycles. The van der Waals surface area contributed by atoms with E-state index in [1.165, 1.54) is 5.56 Å². The number of ketones is 1. The molecule has 2 atom stereocenters. The summed E-state index contributed by atoms with van der Waals surface area (Å²) in [4.78, 5) is 39.5. The summed E-state index contributed by atoms with van der Waals surface area (Å²) in [7, 11) is 0. The van der Waals surface area contributed by atoms with E-state index in [0.29, 0.717) is 5.78 Å². The third kappa shape index (κ3) is 7.34. The zero-order valence-electron chi connectivity index (χ0n) is 16.3. The van der Waals surface area contributed by atoms with Crippen molar-refractivity contribution >= 4 is 30.2 Å². The van der Waals surface area contributed by atoms with Crippen LogP contribution in [0, 0.1) is 0 Å². The average Bonchev–Trinajstić information content (AvgIpc) is 2.70. The number of carbonyl (C=O) groups is 4. The number of aliphatic carboxylic acids is 2. The molecule has 8 heteroatoms. The highest BCUT2D eigenvalue weighted by Gasteiger charge is 2.48. The Balaban J connectivity index is 0.000000455. The molecule has 1 fully saturated rings. The fourth-order valence-corrected chi connectivity index (χ4v) is 2.92. The summed E-state index contributed by atoms with van der Waals surface area (Å²) in [5.41, 5.74) is 6.89. The number of fused-ring (bicyclic) bond motifs is 2. The summed E-state index contributed by atoms with van der Waals surface area (Å²) in [5.74, 6) is -2.12. The number of rotatable bonds is 4. The van der Waals surface area contributed by atoms with Crippen molar-refractivity contribution in [3.8, 4) is 0 Å². The lowest BCUT2D eigenvalue weighted by Crippen LogP contribution is -2.52. The van der Waals surface area contributed by atoms with Gasteiger partial charge in [-0.05, 0) is 25.3 Å². The van der Waals surface area contributed by atoms with Crippen LogP contribution in [0.4, 0.5) is 5.69 Å². The molecular weight excluding hydrogens is 376 g/mol. The molecule has 1 aromatic carbocycles. The van der Waals surface area contributed by atoms with Gasteiger partial charge in [-0.2, -0.15) is 0 Å². The summed E-state index contributed by atoms with van der Waals surface area (Å²) in [5, 5.41) is 19.4. The van der Waals surface area contributed by atoms with Crippen molar-refractivity contribution in [1.29, 1.82) is 0 Å². The number of carboxylic acids is 2. The number of hydrogen-bond donors (Lipinski definition) is 4. The van der Waals surface area contributed by atoms with Crippen molar-refractivity contribution in [2.24, 2.45) is 5.73 Å². The molecule has 0 unspecified atom stereocenters. The van der Waals surface area contributed by atoms with Crippen LogP contribution in [0.3, 0.4) is 0 Å². The summed E-state index contributed by atoms with van der Waals surface area (Å²) in [6.45, 7) is 8.72. The maximum Gasteiger partial charge on any atom is 0.321 e. The van der Waals surface area contributed by atoms with E-state index >= 15 is 0 Å². The van der Waals surface area contributed by atoms with Crippen LogP contribution in [0.15, 0.2) is 49.6 Å². The second-order valence-corrected chi connectivity index (χ2v) is 6.22. The van der Waals surface area contributed by atoms with Gasteiger partial charge in [0, 0.05) is 17.7 Å². The van der Waals surface area contributed by atoms with Gasteiger partial charge in [-0.15, -0.1) is 0 Å². The van der Waals surface area contributed by atoms with Crippen LogP contribution in [-0.2, 0) is 24.7 Å². The number of anilines is 1. The Labute approximate surface area is 170 Å². The first-order valence-corrected chi connectivity index (χ1v) is 8.92. The number of nitrogens with two attached hydrogens (primary N) is 1. The monoisotopic (exact) mass is 404 g/mol. The first-order valence-electron chi connectivity index (χ1n) is 8.92. The average molecular weight is 404 g/mol. The Bertz CT molecular complexity index is 728. The van der Waals surface area contributed by atoms with Gasteiger partial charge in [0.25, 0.3) is 0 Å². The molecule has 0 amide bonds. The molecule has 0 saturated heterocycles. The Morgan fingerprint density at radius 2 is 1.76 bits per heavy atom. The fraction of sp³-hybridized carbons (Fsp3) is 0.333. The van der Waals surface area contributed by atoms with Crippen molar-refractivity contribution in [1.82, 2.24) is 0 Å². The molecular formula is C21H28N2O6. The zero-order chi connectivity index (χ0) is 22.4. The molecule has 1 aliphatic heterocycles. The van der Waals surface area contributed by atoms with Crippen molar-refractivity contribution < 1.29 is 29.4 Å². The number of carboxylic acid groups (broad SMARTS) is 2. The normalized spacial score (nSPS) is 18.9. The summed E-state index contributed by atoms with van der Waals surface area (Å²) >= 11 is 0. The predicted octanol–water partition coefficient (Wildman–Crippen LogP) is 2.50. The van der Waals surface area contributed by atoms with Gasteiger partial charge in [0.1, 0.15) is 18.4 Å². The molecule has 29 heavy (non-hydrogen) atoms. The molecule has 1 aromatic rings. The van der Waals surface area contributed by atoms with Crippen molar-refractivity contribution in [3.63, 3.8) is 0 Å². The minimum atomic E-state index is -1.29. The van der Waals surface area contributed by atoms with Gasteiger partial charge in [0.2, 0.25) is 0 Å². The van der Waals surface area contributed by atoms with Crippen LogP contribution in [0.2, 0.25) is 0 Å². The van der Waals surface area contributed by atoms with Crippen LogP contribution in [-0.4, -0.2) is 40.8 Å². The second-order valence-electron chi connectivity index (χ2n) is 6.22. The van der Waals surface area contributed by atoms with Crippen LogP contribution < -0.4 is 11.1 Å². The number of para-hydroxylation sites is 1. The molecule has 3 rings (SSSR count). The number of benzene rings is 1. The molecule has 0 aromatic heterocycles. The zero-order valence-corrected chi connectivity index (χ0v) is 16.3. The van der Waals surface area contributed by atoms with Crippen molar-refractivity contribution in [2.75, 3.05) is 5.32 Å². The number of allylic oxidation sites excluding steroid dienone is 2. The van der Waals surface area contributed by atoms with Crippen LogP contribution in [0.1, 0.15) is 37.7 Å². The molecule has 0 radical (unpaired) electrons. The lowest BCUT2D eigenvalue weighted by molar-refractivity contribution is -0.144. The summed E-state index contributed by atoms with van der Waals surface area (Å²) in [6, 6.07) is 6.86. The van der Waals surface area contributed by atoms with E-state index in [1.807, 2.05) is 25.0 Å². The third-order valence-corrected chi connectivity index (χ3v) is 4.29. The number of hydrogen-bond acceptors (Lipinski definition) is 6. The van der Waals surface area contributed by atoms with Crippen molar-refractivity contribution in [3.05, 3.63) is 55.1 Å². The minimum Gasteiger partial charge on any atom is -0.481 e. The van der Waals surface area contributed by atoms with Gasteiger partial charge in [0.15, 0.2) is 5.78 Å². The highest BCUT2D eigenvalue weighted by molar-refractivity contribution is 5.99. The molecule has 1 aliphatic carbocycles. The van der Waals surface area contributed by atoms with Gasteiger partial charge < -0.3 is 26.1 Å². The van der Waals surface area contributed by atoms with Crippen LogP contribution in [0.5, 0.6) is 0 Å². The summed E-state index contributed by atoms with van der Waals surface area (Å²) < 4.78 is 0. The maximum absolute atomic E-state index is 11.9. The molecule has 1 heterocycles. The van der Waals surface area contributed by atoms with Gasteiger partial charge in [-0.3, -0.25) is 14.4 Å². The lowest BCUT2D eigenvalue weighted by atomic mass is 9.70. The Morgan fingerprint density at radius 1 is 1.17 bits per heavy atom. The van der Waals surface area contributed by atoms with E-state index in [0.717, 1.165) is 31.4 Å². The van der Waals surface area contributed by atoms with E-state index in [9.17, 15) is 14.4 Å². The highest BCUT2D eigenvalue weighted by Crippen LogP contribution is 2.47. The minimum absolute atomic E-state index is 0.297. The molecule has 0 bridgehead atoms. The largest absolute Gasteiger partial charge is 0.481 e. The molecule has 5 N–H and O–H groups in total. The lowest BCUT2D eigenvalue weighted by Gasteiger charge is -2.46. The van der Waals surface area contributed by atoms with E-state index in [4.69, 9.17) is 20.7 Å². The number of carbonyl (C=O) groups excluding carboxylic acids is 2. The SMILES string of the molecule is C=CC=C.C=O.N[C@@H](CC(=O)O)C(=O)O.O=C1CCCC[C@]12Nc1ccccc12. The Morgan fingerprint density at radius 3 is 2.17 bits per heavy atom. The van der Waals surface area contributed by atoms with E-state index < -0.39 is 24.4 Å². The summed E-state index contributed by atoms with van der Waals surface area (Å²) in [6.07, 6.45) is 6.68. The third-order valence-electron chi connectivity index (χ3n) is 4.29. The molecule has 8 nitrogen and oxygen atoms in total. The van der Waals surface area contributed by atoms with E-state index in [1.54, 1.807) is 12.2 Å². The van der Waals surface area contributed by atoms with Gasteiger partial charge in [-0.1, -0.05) is 43.5 Å². The number of Topliss-reactive ketones (excluding diaryl/α,β-unsaturated/α-hetero) is 1. The van der Waals surface area contributed by atoms with Gasteiger partial charge >= 0.3 is 11.9 Å². The van der Waals surface area contributed by atoms with Gasteiger partial charge in [0.05, 0.1) is 6.42 Å².